The van der Waals surface area contributed by atoms with Gasteiger partial charge in [0.15, 0.2) is 17.8 Å². The minimum absolute atomic E-state index is 0.00637. The van der Waals surface area contributed by atoms with Gasteiger partial charge >= 0.3 is 15.6 Å². The first-order valence-corrected chi connectivity index (χ1v) is 7.58. The quantitative estimate of drug-likeness (QED) is 0.618. The van der Waals surface area contributed by atoms with Gasteiger partial charge in [0.05, 0.1) is 25.9 Å². The molecule has 2 rings (SSSR count). The number of halogens is 3. The number of benzene rings is 1. The van der Waals surface area contributed by atoms with Crippen LogP contribution in [0.25, 0.3) is 0 Å². The largest absolute Gasteiger partial charge is 0.534 e. The van der Waals surface area contributed by atoms with E-state index in [2.05, 4.69) is 4.18 Å². The van der Waals surface area contributed by atoms with E-state index in [0.717, 1.165) is 0 Å². The number of para-hydroxylation sites is 1. The van der Waals surface area contributed by atoms with Crippen molar-refractivity contribution in [1.82, 2.24) is 0 Å². The van der Waals surface area contributed by atoms with Gasteiger partial charge in [-0.15, -0.1) is 0 Å². The Bertz CT molecular complexity index is 622. The molecule has 1 aromatic carbocycles. The Balaban J connectivity index is 2.44. The molecule has 0 saturated carbocycles. The van der Waals surface area contributed by atoms with E-state index in [9.17, 15) is 21.6 Å². The lowest BCUT2D eigenvalue weighted by atomic mass is 10.1. The lowest BCUT2D eigenvalue weighted by molar-refractivity contribution is -0.183. The molecule has 1 fully saturated rings. The van der Waals surface area contributed by atoms with E-state index in [1.807, 2.05) is 0 Å². The van der Waals surface area contributed by atoms with Gasteiger partial charge in [0.25, 0.3) is 0 Å². The Kier molecular flexibility index (Phi) is 4.83. The lowest BCUT2D eigenvalue weighted by Crippen LogP contribution is -2.29. The van der Waals surface area contributed by atoms with Gasteiger partial charge in [0.2, 0.25) is 0 Å². The van der Waals surface area contributed by atoms with Crippen LogP contribution in [0.3, 0.4) is 0 Å². The zero-order valence-corrected chi connectivity index (χ0v) is 12.2. The van der Waals surface area contributed by atoms with E-state index >= 15 is 0 Å². The average molecular weight is 342 g/mol. The highest BCUT2D eigenvalue weighted by Gasteiger charge is 2.49. The zero-order valence-electron chi connectivity index (χ0n) is 11.4. The summed E-state index contributed by atoms with van der Waals surface area (Å²) in [5.41, 5.74) is -5.55. The first-order valence-electron chi connectivity index (χ1n) is 6.17. The van der Waals surface area contributed by atoms with Crippen LogP contribution in [0, 0.1) is 0 Å². The van der Waals surface area contributed by atoms with Crippen molar-refractivity contribution in [3.63, 3.8) is 0 Å². The van der Waals surface area contributed by atoms with Crippen molar-refractivity contribution >= 4 is 10.1 Å². The van der Waals surface area contributed by atoms with Gasteiger partial charge in [-0.3, -0.25) is 0 Å². The molecule has 0 spiro atoms. The van der Waals surface area contributed by atoms with Crippen LogP contribution < -0.4 is 8.92 Å². The molecule has 1 heterocycles. The normalized spacial score (nSPS) is 17.3. The number of hydrogen-bond acceptors (Lipinski definition) is 6. The Hall–Kier alpha value is -1.52. The Morgan fingerprint density at radius 2 is 1.86 bits per heavy atom. The molecule has 0 aromatic heterocycles. The van der Waals surface area contributed by atoms with Gasteiger partial charge in [0, 0.05) is 0 Å². The first kappa shape index (κ1) is 16.8. The topological polar surface area (TPSA) is 71.1 Å². The van der Waals surface area contributed by atoms with Gasteiger partial charge < -0.3 is 18.4 Å². The van der Waals surface area contributed by atoms with Crippen LogP contribution >= 0.6 is 0 Å². The van der Waals surface area contributed by atoms with Crippen LogP contribution in [0.2, 0.25) is 0 Å². The highest BCUT2D eigenvalue weighted by atomic mass is 32.2. The number of methoxy groups -OCH3 is 1. The van der Waals surface area contributed by atoms with E-state index in [1.54, 1.807) is 0 Å². The van der Waals surface area contributed by atoms with Crippen molar-refractivity contribution in [2.75, 3.05) is 20.3 Å². The van der Waals surface area contributed by atoms with Crippen LogP contribution in [-0.2, 0) is 19.6 Å². The molecule has 0 radical (unpaired) electrons. The van der Waals surface area contributed by atoms with Crippen molar-refractivity contribution in [2.24, 2.45) is 0 Å². The van der Waals surface area contributed by atoms with Crippen molar-refractivity contribution in [3.05, 3.63) is 23.8 Å². The molecule has 0 atom stereocenters. The van der Waals surface area contributed by atoms with Gasteiger partial charge in [-0.05, 0) is 18.6 Å². The molecule has 0 bridgehead atoms. The summed E-state index contributed by atoms with van der Waals surface area (Å²) in [6, 6.07) is 4.08. The maximum Gasteiger partial charge on any atom is 0.534 e. The monoisotopic (exact) mass is 342 g/mol. The van der Waals surface area contributed by atoms with E-state index in [0.29, 0.717) is 19.6 Å². The predicted octanol–water partition coefficient (Wildman–Crippen LogP) is 2.36. The average Bonchev–Trinajstić information content (AvgIpc) is 2.47. The summed E-state index contributed by atoms with van der Waals surface area (Å²) in [6.07, 6.45) is -0.403. The highest BCUT2D eigenvalue weighted by molar-refractivity contribution is 7.88. The Labute approximate surface area is 124 Å². The minimum atomic E-state index is -5.84. The summed E-state index contributed by atoms with van der Waals surface area (Å²) in [4.78, 5) is 0. The fourth-order valence-corrected chi connectivity index (χ4v) is 2.28. The number of rotatable bonds is 4. The van der Waals surface area contributed by atoms with E-state index in [1.165, 1.54) is 25.3 Å². The van der Waals surface area contributed by atoms with Crippen LogP contribution in [0.5, 0.6) is 11.5 Å². The highest BCUT2D eigenvalue weighted by Crippen LogP contribution is 2.40. The van der Waals surface area contributed by atoms with Gasteiger partial charge in [-0.2, -0.15) is 21.6 Å². The maximum atomic E-state index is 12.5. The van der Waals surface area contributed by atoms with Crippen LogP contribution in [0.15, 0.2) is 18.2 Å². The molecular weight excluding hydrogens is 329 g/mol. The third-order valence-electron chi connectivity index (χ3n) is 2.79. The fraction of sp³-hybridized carbons (Fsp3) is 0.500. The summed E-state index contributed by atoms with van der Waals surface area (Å²) in [5, 5.41) is 0. The molecule has 0 N–H and O–H groups in total. The summed E-state index contributed by atoms with van der Waals surface area (Å²) < 4.78 is 79.7. The molecular formula is C12H13F3O6S. The second-order valence-electron chi connectivity index (χ2n) is 4.29. The number of hydrogen-bond donors (Lipinski definition) is 0. The maximum absolute atomic E-state index is 12.5. The van der Waals surface area contributed by atoms with E-state index < -0.39 is 27.7 Å². The minimum Gasteiger partial charge on any atom is -0.493 e. The van der Waals surface area contributed by atoms with Crippen LogP contribution in [-0.4, -0.2) is 34.2 Å². The van der Waals surface area contributed by atoms with Crippen molar-refractivity contribution in [1.29, 1.82) is 0 Å². The molecule has 0 amide bonds. The second-order valence-corrected chi connectivity index (χ2v) is 5.83. The molecule has 1 aliphatic rings. The standard InChI is InChI=1S/C12H13F3O6S/c1-18-9-5-2-4-8(11-19-6-3-7-20-11)10(9)21-22(16,17)12(13,14)15/h2,4-5,11H,3,6-7H2,1H3. The molecule has 124 valence electrons. The smallest absolute Gasteiger partial charge is 0.493 e. The first-order chi connectivity index (χ1) is 10.3. The van der Waals surface area contributed by atoms with Crippen molar-refractivity contribution < 1.29 is 40.0 Å². The molecule has 1 saturated heterocycles. The van der Waals surface area contributed by atoms with Gasteiger partial charge in [-0.1, -0.05) is 6.07 Å². The van der Waals surface area contributed by atoms with E-state index in [-0.39, 0.29) is 11.3 Å². The molecule has 22 heavy (non-hydrogen) atoms. The fourth-order valence-electron chi connectivity index (χ4n) is 1.79. The SMILES string of the molecule is COc1cccc(C2OCCCO2)c1OS(=O)(=O)C(F)(F)F. The molecule has 0 unspecified atom stereocenters. The van der Waals surface area contributed by atoms with Crippen LogP contribution in [0.4, 0.5) is 13.2 Å². The molecule has 1 aromatic rings. The number of alkyl halides is 3. The predicted molar refractivity (Wildman–Crippen MR) is 67.9 cm³/mol. The lowest BCUT2D eigenvalue weighted by Gasteiger charge is -2.25. The number of ether oxygens (including phenoxy) is 3. The van der Waals surface area contributed by atoms with Crippen molar-refractivity contribution in [3.8, 4) is 11.5 Å². The molecule has 6 nitrogen and oxygen atoms in total. The molecule has 10 heteroatoms. The molecule has 1 aliphatic heterocycles. The van der Waals surface area contributed by atoms with E-state index in [4.69, 9.17) is 14.2 Å². The third-order valence-corrected chi connectivity index (χ3v) is 3.74. The Morgan fingerprint density at radius 3 is 2.41 bits per heavy atom. The van der Waals surface area contributed by atoms with Crippen LogP contribution in [0.1, 0.15) is 18.3 Å². The third kappa shape index (κ3) is 3.45. The summed E-state index contributed by atoms with van der Waals surface area (Å²) in [5.74, 6) is -0.780. The summed E-state index contributed by atoms with van der Waals surface area (Å²) >= 11 is 0. The zero-order chi connectivity index (χ0) is 16.4. The van der Waals surface area contributed by atoms with Gasteiger partial charge in [-0.25, -0.2) is 0 Å². The molecule has 0 aliphatic carbocycles. The summed E-state index contributed by atoms with van der Waals surface area (Å²) in [7, 11) is -4.66. The Morgan fingerprint density at radius 1 is 1.23 bits per heavy atom. The second kappa shape index (κ2) is 6.31. The van der Waals surface area contributed by atoms with Crippen molar-refractivity contribution in [2.45, 2.75) is 18.2 Å². The van der Waals surface area contributed by atoms with Gasteiger partial charge in [0.1, 0.15) is 0 Å². The summed E-state index contributed by atoms with van der Waals surface area (Å²) in [6.45, 7) is 0.653.